The Bertz CT molecular complexity index is 3610. The third-order valence-corrected chi connectivity index (χ3v) is 12.5. The Morgan fingerprint density at radius 2 is 0.726 bits per heavy atom. The number of benzene rings is 11. The quantitative estimate of drug-likeness (QED) is 0.160. The van der Waals surface area contributed by atoms with Gasteiger partial charge in [0.1, 0.15) is 11.2 Å². The van der Waals surface area contributed by atoms with Crippen LogP contribution in [-0.2, 0) is 0 Å². The summed E-state index contributed by atoms with van der Waals surface area (Å²) in [6.45, 7) is 0. The number of fused-ring (bicyclic) bond motifs is 7. The van der Waals surface area contributed by atoms with Gasteiger partial charge in [-0.2, -0.15) is 0 Å². The lowest BCUT2D eigenvalue weighted by Gasteiger charge is -2.28. The molecule has 0 saturated heterocycles. The number of rotatable bonds is 7. The number of anilines is 3. The first-order chi connectivity index (χ1) is 30.7. The highest BCUT2D eigenvalue weighted by Gasteiger charge is 2.21. The number of nitrogens with zero attached hydrogens (tertiary/aromatic N) is 1. The zero-order chi connectivity index (χ0) is 41.0. The van der Waals surface area contributed by atoms with Gasteiger partial charge < -0.3 is 9.32 Å². The molecule has 62 heavy (non-hydrogen) atoms. The van der Waals surface area contributed by atoms with E-state index in [0.29, 0.717) is 0 Å². The summed E-state index contributed by atoms with van der Waals surface area (Å²) in [7, 11) is 0. The highest BCUT2D eigenvalue weighted by Crippen LogP contribution is 2.46. The third kappa shape index (κ3) is 6.12. The van der Waals surface area contributed by atoms with E-state index in [1.54, 1.807) is 0 Å². The summed E-state index contributed by atoms with van der Waals surface area (Å²) in [6.07, 6.45) is 0. The van der Waals surface area contributed by atoms with Crippen molar-refractivity contribution < 1.29 is 4.42 Å². The monoisotopic (exact) mass is 789 g/mol. The van der Waals surface area contributed by atoms with E-state index in [4.69, 9.17) is 4.42 Å². The van der Waals surface area contributed by atoms with Crippen LogP contribution in [0.1, 0.15) is 0 Å². The highest BCUT2D eigenvalue weighted by molar-refractivity contribution is 6.17. The predicted octanol–water partition coefficient (Wildman–Crippen LogP) is 17.2. The summed E-state index contributed by atoms with van der Waals surface area (Å²) in [6, 6.07) is 85.4. The van der Waals surface area contributed by atoms with E-state index in [1.807, 2.05) is 0 Å². The zero-order valence-electron chi connectivity index (χ0n) is 33.9. The van der Waals surface area contributed by atoms with E-state index in [9.17, 15) is 0 Å². The fourth-order valence-corrected chi connectivity index (χ4v) is 9.36. The summed E-state index contributed by atoms with van der Waals surface area (Å²) in [5.74, 6) is 0. The summed E-state index contributed by atoms with van der Waals surface area (Å²) < 4.78 is 6.90. The molecular formula is C60H39NO. The van der Waals surface area contributed by atoms with Crippen molar-refractivity contribution in [3.63, 3.8) is 0 Å². The van der Waals surface area contributed by atoms with Gasteiger partial charge in [-0.3, -0.25) is 0 Å². The molecule has 0 bridgehead atoms. The summed E-state index contributed by atoms with van der Waals surface area (Å²) in [5.41, 5.74) is 14.3. The van der Waals surface area contributed by atoms with Crippen LogP contribution < -0.4 is 4.90 Å². The molecule has 0 amide bonds. The number of hydrogen-bond acceptors (Lipinski definition) is 2. The average Bonchev–Trinajstić information content (AvgIpc) is 3.74. The van der Waals surface area contributed by atoms with Crippen molar-refractivity contribution in [2.24, 2.45) is 0 Å². The Balaban J connectivity index is 0.968. The van der Waals surface area contributed by atoms with E-state index in [2.05, 4.69) is 241 Å². The summed E-state index contributed by atoms with van der Waals surface area (Å²) in [5, 5.41) is 9.53. The second kappa shape index (κ2) is 14.8. The van der Waals surface area contributed by atoms with Gasteiger partial charge in [-0.05, 0) is 103 Å². The van der Waals surface area contributed by atoms with Gasteiger partial charge in [-0.1, -0.05) is 194 Å². The van der Waals surface area contributed by atoms with Crippen LogP contribution in [0, 0.1) is 0 Å². The maximum Gasteiger partial charge on any atom is 0.143 e. The lowest BCUT2D eigenvalue weighted by molar-refractivity contribution is 0.674. The van der Waals surface area contributed by atoms with Gasteiger partial charge >= 0.3 is 0 Å². The van der Waals surface area contributed by atoms with Gasteiger partial charge in [0, 0.05) is 38.7 Å². The van der Waals surface area contributed by atoms with Crippen molar-refractivity contribution in [2.45, 2.75) is 0 Å². The molecule has 0 spiro atoms. The van der Waals surface area contributed by atoms with Gasteiger partial charge in [0.2, 0.25) is 0 Å². The Morgan fingerprint density at radius 3 is 1.48 bits per heavy atom. The van der Waals surface area contributed by atoms with Crippen LogP contribution >= 0.6 is 0 Å². The van der Waals surface area contributed by atoms with Gasteiger partial charge in [0.15, 0.2) is 0 Å². The molecule has 0 saturated carbocycles. The fourth-order valence-electron chi connectivity index (χ4n) is 9.36. The van der Waals surface area contributed by atoms with Gasteiger partial charge in [0.05, 0.1) is 5.69 Å². The number of para-hydroxylation sites is 2. The molecular weight excluding hydrogens is 751 g/mol. The first kappa shape index (κ1) is 35.7. The Kier molecular flexibility index (Phi) is 8.53. The van der Waals surface area contributed by atoms with E-state index in [-0.39, 0.29) is 0 Å². The van der Waals surface area contributed by atoms with E-state index in [1.165, 1.54) is 54.7 Å². The lowest BCUT2D eigenvalue weighted by atomic mass is 9.96. The minimum absolute atomic E-state index is 0.889. The molecule has 0 radical (unpaired) electrons. The smallest absolute Gasteiger partial charge is 0.143 e. The molecule has 0 atom stereocenters. The number of hydrogen-bond donors (Lipinski definition) is 0. The molecule has 11 aromatic carbocycles. The van der Waals surface area contributed by atoms with E-state index < -0.39 is 0 Å². The van der Waals surface area contributed by atoms with Crippen molar-refractivity contribution in [3.8, 4) is 44.5 Å². The molecule has 0 aliphatic rings. The van der Waals surface area contributed by atoms with E-state index in [0.717, 1.165) is 61.1 Å². The predicted molar refractivity (Wildman–Crippen MR) is 263 cm³/mol. The molecule has 0 N–H and O–H groups in total. The largest absolute Gasteiger partial charge is 0.455 e. The second-order valence-corrected chi connectivity index (χ2v) is 16.1. The number of furan rings is 1. The SMILES string of the molecule is c1ccc(N(c2ccc(-c3ccc(-c4cccc5ccccc45)cc3)cc2)c2ccc(-c3ccc4ccccc4c3)cc2)c(-c2cccc3c2oc2c4ccccc4ccc32)c1. The van der Waals surface area contributed by atoms with Crippen molar-refractivity contribution in [2.75, 3.05) is 4.90 Å². The topological polar surface area (TPSA) is 16.4 Å². The molecule has 2 nitrogen and oxygen atoms in total. The Morgan fingerprint density at radius 1 is 0.258 bits per heavy atom. The minimum atomic E-state index is 0.889. The Labute approximate surface area is 360 Å². The first-order valence-electron chi connectivity index (χ1n) is 21.2. The van der Waals surface area contributed by atoms with Crippen LogP contribution in [0.5, 0.6) is 0 Å². The first-order valence-corrected chi connectivity index (χ1v) is 21.2. The maximum atomic E-state index is 6.90. The molecule has 0 unspecified atom stereocenters. The average molecular weight is 790 g/mol. The fraction of sp³-hybridized carbons (Fsp3) is 0. The molecule has 2 heteroatoms. The van der Waals surface area contributed by atoms with Gasteiger partial charge in [-0.25, -0.2) is 0 Å². The van der Waals surface area contributed by atoms with Crippen molar-refractivity contribution >= 4 is 71.3 Å². The molecule has 1 aromatic heterocycles. The van der Waals surface area contributed by atoms with Crippen molar-refractivity contribution in [1.29, 1.82) is 0 Å². The third-order valence-electron chi connectivity index (χ3n) is 12.5. The molecule has 12 rings (SSSR count). The van der Waals surface area contributed by atoms with Crippen LogP contribution in [0.4, 0.5) is 17.1 Å². The normalized spacial score (nSPS) is 11.5. The van der Waals surface area contributed by atoms with Crippen molar-refractivity contribution in [3.05, 3.63) is 237 Å². The molecule has 0 aliphatic heterocycles. The zero-order valence-corrected chi connectivity index (χ0v) is 33.9. The standard InChI is InChI=1S/C60H39NO/c1-2-14-47-39-48(28-25-40(47)11-1)43-31-36-50(37-32-43)61(49-34-29-42(30-35-49)41-23-26-46(27-24-41)52-19-9-15-44-12-3-5-16-51(44)52)58-22-8-7-18-54(58)55-20-10-21-56-57-38-33-45-13-4-6-17-53(45)59(57)62-60(55)56/h1-39H. The molecule has 0 fully saturated rings. The highest BCUT2D eigenvalue weighted by atomic mass is 16.3. The summed E-state index contributed by atoms with van der Waals surface area (Å²) >= 11 is 0. The second-order valence-electron chi connectivity index (χ2n) is 16.1. The van der Waals surface area contributed by atoms with Crippen molar-refractivity contribution in [1.82, 2.24) is 0 Å². The lowest BCUT2D eigenvalue weighted by Crippen LogP contribution is -2.11. The van der Waals surface area contributed by atoms with Gasteiger partial charge in [0.25, 0.3) is 0 Å². The molecule has 12 aromatic rings. The Hall–Kier alpha value is -8.20. The summed E-state index contributed by atoms with van der Waals surface area (Å²) in [4.78, 5) is 2.38. The van der Waals surface area contributed by atoms with Gasteiger partial charge in [-0.15, -0.1) is 0 Å². The van der Waals surface area contributed by atoms with Crippen LogP contribution in [0.25, 0.3) is 98.8 Å². The molecule has 290 valence electrons. The van der Waals surface area contributed by atoms with Crippen LogP contribution in [0.2, 0.25) is 0 Å². The maximum absolute atomic E-state index is 6.90. The van der Waals surface area contributed by atoms with Crippen LogP contribution in [0.3, 0.4) is 0 Å². The van der Waals surface area contributed by atoms with E-state index >= 15 is 0 Å². The molecule has 0 aliphatic carbocycles. The molecule has 1 heterocycles. The minimum Gasteiger partial charge on any atom is -0.455 e. The van der Waals surface area contributed by atoms with Crippen LogP contribution in [0.15, 0.2) is 241 Å². The van der Waals surface area contributed by atoms with Crippen LogP contribution in [-0.4, -0.2) is 0 Å².